The number of hydrogen-bond donors (Lipinski definition) is 2. The first-order valence-corrected chi connectivity index (χ1v) is 7.60. The van der Waals surface area contributed by atoms with Crippen molar-refractivity contribution in [1.82, 2.24) is 15.3 Å². The third-order valence-electron chi connectivity index (χ3n) is 3.92. The van der Waals surface area contributed by atoms with Gasteiger partial charge in [-0.2, -0.15) is 0 Å². The molecule has 1 aromatic heterocycles. The number of fused-ring (bicyclic) bond motifs is 1. The summed E-state index contributed by atoms with van der Waals surface area (Å²) in [7, 11) is 0. The average Bonchev–Trinajstić information content (AvgIpc) is 2.91. The number of carbonyl (C=O) groups is 1. The summed E-state index contributed by atoms with van der Waals surface area (Å²) in [4.78, 5) is 30.8. The van der Waals surface area contributed by atoms with E-state index in [1.54, 1.807) is 13.8 Å². The van der Waals surface area contributed by atoms with Gasteiger partial charge in [0.1, 0.15) is 17.7 Å². The first kappa shape index (κ1) is 15.3. The molecule has 2 aromatic rings. The molecule has 2 heterocycles. The molecule has 0 spiro atoms. The molecular weight excluding hydrogens is 294 g/mol. The molecular formula is C17H19N3O3. The number of nitrogens with zero attached hydrogens (tertiary/aromatic N) is 1. The lowest BCUT2D eigenvalue weighted by atomic mass is 10.1. The lowest BCUT2D eigenvalue weighted by molar-refractivity contribution is -0.120. The zero-order chi connectivity index (χ0) is 16.4. The van der Waals surface area contributed by atoms with E-state index >= 15 is 0 Å². The minimum absolute atomic E-state index is 0.0219. The molecule has 0 bridgehead atoms. The van der Waals surface area contributed by atoms with Gasteiger partial charge in [-0.3, -0.25) is 9.59 Å². The van der Waals surface area contributed by atoms with Crippen molar-refractivity contribution in [3.05, 3.63) is 57.3 Å². The van der Waals surface area contributed by atoms with Gasteiger partial charge < -0.3 is 15.0 Å². The van der Waals surface area contributed by atoms with Gasteiger partial charge in [0.05, 0.1) is 13.0 Å². The van der Waals surface area contributed by atoms with Crippen LogP contribution in [-0.4, -0.2) is 28.5 Å². The highest BCUT2D eigenvalue weighted by Crippen LogP contribution is 2.27. The summed E-state index contributed by atoms with van der Waals surface area (Å²) in [5.41, 5.74) is 1.89. The SMILES string of the molecule is Cc1nc(C)c(CC(=O)NC[C@H]2Cc3ccccc3O2)c(=O)[nH]1. The highest BCUT2D eigenvalue weighted by molar-refractivity contribution is 5.78. The van der Waals surface area contributed by atoms with E-state index in [2.05, 4.69) is 15.3 Å². The standard InChI is InChI=1S/C17H19N3O3/c1-10-14(17(22)20-11(2)19-10)8-16(21)18-9-13-7-12-5-3-4-6-15(12)23-13/h3-6,13H,7-9H2,1-2H3,(H,18,21)(H,19,20,22)/t13-/m1/s1. The predicted octanol–water partition coefficient (Wildman–Crippen LogP) is 1.05. The molecule has 120 valence electrons. The van der Waals surface area contributed by atoms with Crippen molar-refractivity contribution in [2.45, 2.75) is 32.8 Å². The molecule has 1 amide bonds. The topological polar surface area (TPSA) is 84.1 Å². The number of aryl methyl sites for hydroxylation is 2. The summed E-state index contributed by atoms with van der Waals surface area (Å²) >= 11 is 0. The Morgan fingerprint density at radius 3 is 2.91 bits per heavy atom. The largest absolute Gasteiger partial charge is 0.488 e. The number of rotatable bonds is 4. The van der Waals surface area contributed by atoms with Crippen molar-refractivity contribution in [3.8, 4) is 5.75 Å². The van der Waals surface area contributed by atoms with E-state index in [9.17, 15) is 9.59 Å². The Bertz CT molecular complexity index is 773. The molecule has 3 rings (SSSR count). The molecule has 0 unspecified atom stereocenters. The molecule has 2 N–H and O–H groups in total. The molecule has 0 radical (unpaired) electrons. The molecule has 0 saturated carbocycles. The fraction of sp³-hybridized carbons (Fsp3) is 0.353. The van der Waals surface area contributed by atoms with Crippen LogP contribution in [0.2, 0.25) is 0 Å². The van der Waals surface area contributed by atoms with Crippen LogP contribution in [0.5, 0.6) is 5.75 Å². The molecule has 6 heteroatoms. The van der Waals surface area contributed by atoms with E-state index in [4.69, 9.17) is 4.74 Å². The van der Waals surface area contributed by atoms with Gasteiger partial charge in [-0.15, -0.1) is 0 Å². The molecule has 0 fully saturated rings. The van der Waals surface area contributed by atoms with Gasteiger partial charge in [0.15, 0.2) is 0 Å². The van der Waals surface area contributed by atoms with Crippen molar-refractivity contribution in [2.24, 2.45) is 0 Å². The molecule has 6 nitrogen and oxygen atoms in total. The highest BCUT2D eigenvalue weighted by Gasteiger charge is 2.23. The lowest BCUT2D eigenvalue weighted by Crippen LogP contribution is -2.36. The summed E-state index contributed by atoms with van der Waals surface area (Å²) in [6, 6.07) is 7.86. The van der Waals surface area contributed by atoms with Crippen LogP contribution >= 0.6 is 0 Å². The second-order valence-electron chi connectivity index (χ2n) is 5.75. The zero-order valence-corrected chi connectivity index (χ0v) is 13.2. The van der Waals surface area contributed by atoms with Gasteiger partial charge in [0.2, 0.25) is 5.91 Å². The lowest BCUT2D eigenvalue weighted by Gasteiger charge is -2.12. The van der Waals surface area contributed by atoms with E-state index < -0.39 is 0 Å². The summed E-state index contributed by atoms with van der Waals surface area (Å²) in [6.45, 7) is 3.87. The predicted molar refractivity (Wildman–Crippen MR) is 85.6 cm³/mol. The summed E-state index contributed by atoms with van der Waals surface area (Å²) in [6.07, 6.45) is 0.739. The number of aromatic nitrogens is 2. The first-order chi connectivity index (χ1) is 11.0. The molecule has 1 atom stereocenters. The first-order valence-electron chi connectivity index (χ1n) is 7.60. The number of amides is 1. The Labute approximate surface area is 133 Å². The van der Waals surface area contributed by atoms with Crippen LogP contribution in [0.15, 0.2) is 29.1 Å². The maximum atomic E-state index is 12.1. The van der Waals surface area contributed by atoms with Gasteiger partial charge in [-0.05, 0) is 25.5 Å². The molecule has 23 heavy (non-hydrogen) atoms. The van der Waals surface area contributed by atoms with Gasteiger partial charge in [0.25, 0.3) is 5.56 Å². The molecule has 1 aliphatic rings. The Morgan fingerprint density at radius 1 is 1.39 bits per heavy atom. The van der Waals surface area contributed by atoms with Crippen molar-refractivity contribution in [3.63, 3.8) is 0 Å². The minimum atomic E-state index is -0.255. The molecule has 0 saturated heterocycles. The maximum absolute atomic E-state index is 12.1. The molecule has 1 aromatic carbocycles. The van der Waals surface area contributed by atoms with E-state index in [-0.39, 0.29) is 24.0 Å². The fourth-order valence-corrected chi connectivity index (χ4v) is 2.78. The maximum Gasteiger partial charge on any atom is 0.254 e. The Hall–Kier alpha value is -2.63. The third-order valence-corrected chi connectivity index (χ3v) is 3.92. The Kier molecular flexibility index (Phi) is 4.14. The quantitative estimate of drug-likeness (QED) is 0.883. The number of ether oxygens (including phenoxy) is 1. The number of H-pyrrole nitrogens is 1. The number of benzene rings is 1. The number of aromatic amines is 1. The Balaban J connectivity index is 1.56. The summed E-state index contributed by atoms with van der Waals surface area (Å²) in [5.74, 6) is 1.22. The van der Waals surface area contributed by atoms with Crippen LogP contribution in [0.3, 0.4) is 0 Å². The van der Waals surface area contributed by atoms with Crippen LogP contribution in [0.1, 0.15) is 22.6 Å². The zero-order valence-electron chi connectivity index (χ0n) is 13.2. The summed E-state index contributed by atoms with van der Waals surface area (Å²) < 4.78 is 5.78. The second kappa shape index (κ2) is 6.24. The fourth-order valence-electron chi connectivity index (χ4n) is 2.78. The van der Waals surface area contributed by atoms with Crippen LogP contribution in [0.25, 0.3) is 0 Å². The highest BCUT2D eigenvalue weighted by atomic mass is 16.5. The van der Waals surface area contributed by atoms with E-state index in [0.29, 0.717) is 23.6 Å². The van der Waals surface area contributed by atoms with Crippen LogP contribution in [0, 0.1) is 13.8 Å². The summed E-state index contributed by atoms with van der Waals surface area (Å²) in [5, 5.41) is 2.83. The third kappa shape index (κ3) is 3.41. The van der Waals surface area contributed by atoms with E-state index in [0.717, 1.165) is 17.7 Å². The van der Waals surface area contributed by atoms with Crippen molar-refractivity contribution in [2.75, 3.05) is 6.54 Å². The van der Waals surface area contributed by atoms with E-state index in [1.807, 2.05) is 24.3 Å². The van der Waals surface area contributed by atoms with Gasteiger partial charge in [0, 0.05) is 17.7 Å². The number of carbonyl (C=O) groups excluding carboxylic acids is 1. The number of hydrogen-bond acceptors (Lipinski definition) is 4. The Morgan fingerprint density at radius 2 is 2.17 bits per heavy atom. The van der Waals surface area contributed by atoms with Crippen LogP contribution in [0.4, 0.5) is 0 Å². The van der Waals surface area contributed by atoms with Gasteiger partial charge >= 0.3 is 0 Å². The van der Waals surface area contributed by atoms with Gasteiger partial charge in [-0.1, -0.05) is 18.2 Å². The molecule has 1 aliphatic heterocycles. The van der Waals surface area contributed by atoms with Crippen molar-refractivity contribution in [1.29, 1.82) is 0 Å². The minimum Gasteiger partial charge on any atom is -0.488 e. The average molecular weight is 313 g/mol. The number of para-hydroxylation sites is 1. The van der Waals surface area contributed by atoms with Crippen molar-refractivity contribution < 1.29 is 9.53 Å². The second-order valence-corrected chi connectivity index (χ2v) is 5.75. The molecule has 0 aliphatic carbocycles. The smallest absolute Gasteiger partial charge is 0.254 e. The van der Waals surface area contributed by atoms with Crippen molar-refractivity contribution >= 4 is 5.91 Å². The van der Waals surface area contributed by atoms with Gasteiger partial charge in [-0.25, -0.2) is 4.98 Å². The van der Waals surface area contributed by atoms with Crippen LogP contribution in [-0.2, 0) is 17.6 Å². The van der Waals surface area contributed by atoms with E-state index in [1.165, 1.54) is 0 Å². The normalized spacial score (nSPS) is 15.8. The number of nitrogens with one attached hydrogen (secondary N) is 2. The monoisotopic (exact) mass is 313 g/mol. The van der Waals surface area contributed by atoms with Crippen LogP contribution < -0.4 is 15.6 Å².